The molecule has 0 saturated carbocycles. The van der Waals surface area contributed by atoms with Gasteiger partial charge in [0.25, 0.3) is 5.91 Å². The molecule has 1 atom stereocenters. The van der Waals surface area contributed by atoms with Crippen LogP contribution in [-0.2, 0) is 19.9 Å². The fourth-order valence-corrected chi connectivity index (χ4v) is 2.60. The third-order valence-corrected chi connectivity index (χ3v) is 3.79. The molecule has 1 aliphatic rings. The van der Waals surface area contributed by atoms with E-state index in [1.165, 1.54) is 0 Å². The van der Waals surface area contributed by atoms with Gasteiger partial charge in [-0.3, -0.25) is 19.8 Å². The average Bonchev–Trinajstić information content (AvgIpc) is 2.81. The molecule has 0 aromatic heterocycles. The summed E-state index contributed by atoms with van der Waals surface area (Å²) in [5.74, 6) is -1.32. The molecule has 1 aliphatic heterocycles. The van der Waals surface area contributed by atoms with Crippen molar-refractivity contribution in [3.8, 4) is 0 Å². The molecule has 0 spiro atoms. The van der Waals surface area contributed by atoms with Crippen LogP contribution in [0.15, 0.2) is 30.3 Å². The summed E-state index contributed by atoms with van der Waals surface area (Å²) in [6, 6.07) is 8.14. The van der Waals surface area contributed by atoms with E-state index in [-0.39, 0.29) is 6.61 Å². The lowest BCUT2D eigenvalue weighted by atomic mass is 9.87. The van der Waals surface area contributed by atoms with Gasteiger partial charge in [0.1, 0.15) is 12.1 Å². The number of carbonyl (C=O) groups is 4. The zero-order chi connectivity index (χ0) is 17.7. The van der Waals surface area contributed by atoms with Crippen LogP contribution in [0.3, 0.4) is 0 Å². The molecule has 0 aliphatic carbocycles. The van der Waals surface area contributed by atoms with Gasteiger partial charge in [0, 0.05) is 0 Å². The van der Waals surface area contributed by atoms with Gasteiger partial charge in [-0.2, -0.15) is 0 Å². The minimum absolute atomic E-state index is 0.106. The lowest BCUT2D eigenvalue weighted by molar-refractivity contribution is -0.135. The summed E-state index contributed by atoms with van der Waals surface area (Å²) in [6.45, 7) is 2.91. The van der Waals surface area contributed by atoms with E-state index in [4.69, 9.17) is 0 Å². The zero-order valence-electron chi connectivity index (χ0n) is 13.5. The minimum Gasteiger partial charge on any atom is -0.450 e. The summed E-state index contributed by atoms with van der Waals surface area (Å²) in [5, 5.41) is 4.62. The summed E-state index contributed by atoms with van der Waals surface area (Å²) in [7, 11) is 0. The Kier molecular flexibility index (Phi) is 5.18. The third kappa shape index (κ3) is 3.22. The van der Waals surface area contributed by atoms with Gasteiger partial charge < -0.3 is 10.1 Å². The number of nitrogens with zero attached hydrogens (tertiary/aromatic N) is 1. The predicted octanol–water partition coefficient (Wildman–Crippen LogP) is 1.12. The minimum atomic E-state index is -1.21. The van der Waals surface area contributed by atoms with Crippen LogP contribution in [0.5, 0.6) is 0 Å². The highest BCUT2D eigenvalue weighted by Gasteiger charge is 2.51. The van der Waals surface area contributed by atoms with Crippen LogP contribution >= 0.6 is 0 Å². The van der Waals surface area contributed by atoms with Crippen LogP contribution in [-0.4, -0.2) is 42.0 Å². The molecular formula is C16H19N3O5. The molecule has 1 saturated heterocycles. The molecule has 128 valence electrons. The van der Waals surface area contributed by atoms with Gasteiger partial charge >= 0.3 is 12.1 Å². The molecule has 1 heterocycles. The number of imide groups is 2. The molecule has 1 fully saturated rings. The zero-order valence-corrected chi connectivity index (χ0v) is 13.5. The molecule has 0 unspecified atom stereocenters. The van der Waals surface area contributed by atoms with Crippen molar-refractivity contribution in [2.45, 2.75) is 25.8 Å². The Morgan fingerprint density at radius 2 is 1.88 bits per heavy atom. The Labute approximate surface area is 139 Å². The van der Waals surface area contributed by atoms with Gasteiger partial charge in [-0.15, -0.1) is 0 Å². The molecule has 5 amide bonds. The van der Waals surface area contributed by atoms with E-state index in [1.807, 2.05) is 5.32 Å². The maximum Gasteiger partial charge on any atom is 0.413 e. The monoisotopic (exact) mass is 333 g/mol. The smallest absolute Gasteiger partial charge is 0.413 e. The largest absolute Gasteiger partial charge is 0.450 e. The van der Waals surface area contributed by atoms with Crippen molar-refractivity contribution in [3.05, 3.63) is 35.9 Å². The molecule has 0 radical (unpaired) electrons. The van der Waals surface area contributed by atoms with Crippen molar-refractivity contribution in [1.29, 1.82) is 0 Å². The maximum absolute atomic E-state index is 12.8. The SMILES string of the molecule is CCOC(=O)NC(=O)CN1C(=O)N[C@](CC)(c2ccccc2)C1=O. The Morgan fingerprint density at radius 1 is 1.21 bits per heavy atom. The van der Waals surface area contributed by atoms with Crippen LogP contribution < -0.4 is 10.6 Å². The topological polar surface area (TPSA) is 105 Å². The van der Waals surface area contributed by atoms with E-state index >= 15 is 0 Å². The molecule has 2 rings (SSSR count). The molecule has 8 heteroatoms. The number of nitrogens with one attached hydrogen (secondary N) is 2. The lowest BCUT2D eigenvalue weighted by Gasteiger charge is -2.25. The molecule has 8 nitrogen and oxygen atoms in total. The first-order valence-electron chi connectivity index (χ1n) is 7.60. The fourth-order valence-electron chi connectivity index (χ4n) is 2.60. The number of amides is 5. The third-order valence-electron chi connectivity index (χ3n) is 3.79. The van der Waals surface area contributed by atoms with Gasteiger partial charge in [-0.1, -0.05) is 37.3 Å². The number of carbonyl (C=O) groups excluding carboxylic acids is 4. The van der Waals surface area contributed by atoms with Crippen molar-refractivity contribution in [3.63, 3.8) is 0 Å². The molecule has 24 heavy (non-hydrogen) atoms. The van der Waals surface area contributed by atoms with Gasteiger partial charge in [0.05, 0.1) is 6.61 Å². The first kappa shape index (κ1) is 17.5. The van der Waals surface area contributed by atoms with E-state index in [1.54, 1.807) is 44.2 Å². The number of hydrogen-bond acceptors (Lipinski definition) is 5. The van der Waals surface area contributed by atoms with E-state index < -0.39 is 36.0 Å². The van der Waals surface area contributed by atoms with Crippen LogP contribution in [0.25, 0.3) is 0 Å². The first-order chi connectivity index (χ1) is 11.4. The van der Waals surface area contributed by atoms with E-state index in [9.17, 15) is 19.2 Å². The highest BCUT2D eigenvalue weighted by molar-refractivity contribution is 6.10. The van der Waals surface area contributed by atoms with Crippen molar-refractivity contribution in [2.24, 2.45) is 0 Å². The van der Waals surface area contributed by atoms with E-state index in [0.29, 0.717) is 12.0 Å². The number of urea groups is 1. The van der Waals surface area contributed by atoms with Gasteiger partial charge in [-0.25, -0.2) is 9.59 Å². The number of rotatable bonds is 5. The fraction of sp³-hybridized carbons (Fsp3) is 0.375. The Balaban J connectivity index is 2.16. The Hall–Kier alpha value is -2.90. The van der Waals surface area contributed by atoms with Crippen LogP contribution in [0.4, 0.5) is 9.59 Å². The quantitative estimate of drug-likeness (QED) is 0.786. The summed E-state index contributed by atoms with van der Waals surface area (Å²) in [4.78, 5) is 48.8. The van der Waals surface area contributed by atoms with Crippen molar-refractivity contribution in [1.82, 2.24) is 15.5 Å². The first-order valence-corrected chi connectivity index (χ1v) is 7.60. The highest BCUT2D eigenvalue weighted by atomic mass is 16.5. The van der Waals surface area contributed by atoms with Gasteiger partial charge in [0.15, 0.2) is 0 Å². The Morgan fingerprint density at radius 3 is 2.46 bits per heavy atom. The summed E-state index contributed by atoms with van der Waals surface area (Å²) < 4.78 is 4.59. The van der Waals surface area contributed by atoms with E-state index in [0.717, 1.165) is 4.90 Å². The van der Waals surface area contributed by atoms with Crippen molar-refractivity contribution >= 4 is 23.9 Å². The second-order valence-corrected chi connectivity index (χ2v) is 5.22. The number of benzene rings is 1. The van der Waals surface area contributed by atoms with Gasteiger partial charge in [0.2, 0.25) is 5.91 Å². The molecular weight excluding hydrogens is 314 g/mol. The summed E-state index contributed by atoms with van der Waals surface area (Å²) in [5.41, 5.74) is -0.568. The summed E-state index contributed by atoms with van der Waals surface area (Å²) >= 11 is 0. The molecule has 1 aromatic rings. The van der Waals surface area contributed by atoms with Crippen LogP contribution in [0.1, 0.15) is 25.8 Å². The second kappa shape index (κ2) is 7.12. The predicted molar refractivity (Wildman–Crippen MR) is 83.8 cm³/mol. The average molecular weight is 333 g/mol. The maximum atomic E-state index is 12.8. The number of alkyl carbamates (subject to hydrolysis) is 1. The number of ether oxygens (including phenoxy) is 1. The summed E-state index contributed by atoms with van der Waals surface area (Å²) in [6.07, 6.45) is -0.586. The molecule has 1 aromatic carbocycles. The second-order valence-electron chi connectivity index (χ2n) is 5.22. The highest BCUT2D eigenvalue weighted by Crippen LogP contribution is 2.32. The van der Waals surface area contributed by atoms with Crippen molar-refractivity contribution in [2.75, 3.05) is 13.2 Å². The van der Waals surface area contributed by atoms with E-state index in [2.05, 4.69) is 10.1 Å². The van der Waals surface area contributed by atoms with Gasteiger partial charge in [-0.05, 0) is 18.9 Å². The standard InChI is InChI=1S/C16H19N3O5/c1-3-16(11-8-6-5-7-9-11)13(21)19(14(22)18-16)10-12(20)17-15(23)24-4-2/h5-9H,3-4,10H2,1-2H3,(H,18,22)(H,17,20,23)/t16-/m1/s1. The lowest BCUT2D eigenvalue weighted by Crippen LogP contribution is -2.45. The van der Waals surface area contributed by atoms with Crippen LogP contribution in [0.2, 0.25) is 0 Å². The van der Waals surface area contributed by atoms with Crippen molar-refractivity contribution < 1.29 is 23.9 Å². The molecule has 0 bridgehead atoms. The number of hydrogen-bond donors (Lipinski definition) is 2. The molecule has 2 N–H and O–H groups in total. The Bertz CT molecular complexity index is 661. The van der Waals surface area contributed by atoms with Crippen LogP contribution in [0, 0.1) is 0 Å². The normalized spacial score (nSPS) is 19.8.